The molecule has 14 heavy (non-hydrogen) atoms. The predicted molar refractivity (Wildman–Crippen MR) is 53.8 cm³/mol. The summed E-state index contributed by atoms with van der Waals surface area (Å²) in [6, 6.07) is 1.97. The van der Waals surface area contributed by atoms with Gasteiger partial charge in [0.15, 0.2) is 11.5 Å². The molecule has 0 atom stereocenters. The maximum absolute atomic E-state index is 5.35. The van der Waals surface area contributed by atoms with Crippen molar-refractivity contribution < 1.29 is 9.47 Å². The molecule has 0 aliphatic carbocycles. The highest BCUT2D eigenvalue weighted by Gasteiger charge is 2.23. The number of aryl methyl sites for hydroxylation is 1. The summed E-state index contributed by atoms with van der Waals surface area (Å²) < 4.78 is 10.7. The Morgan fingerprint density at radius 3 is 2.64 bits per heavy atom. The van der Waals surface area contributed by atoms with Crippen LogP contribution in [0.3, 0.4) is 0 Å². The van der Waals surface area contributed by atoms with Crippen LogP contribution in [0, 0.1) is 6.92 Å². The summed E-state index contributed by atoms with van der Waals surface area (Å²) in [5, 5.41) is 0. The van der Waals surface area contributed by atoms with Gasteiger partial charge in [-0.25, -0.2) is 0 Å². The molecule has 2 heterocycles. The van der Waals surface area contributed by atoms with Crippen molar-refractivity contribution in [3.63, 3.8) is 0 Å². The maximum Gasteiger partial charge on any atom is 0.231 e. The summed E-state index contributed by atoms with van der Waals surface area (Å²) in [6.07, 6.45) is 0. The van der Waals surface area contributed by atoms with Gasteiger partial charge in [0, 0.05) is 17.2 Å². The molecule has 0 spiro atoms. The standard InChI is InChI=1S/C11H15NO2/c1-7-10-8(13-6-14-10)5-9(12-7)11(2,3)4/h5H,6H2,1-4H3. The van der Waals surface area contributed by atoms with Crippen LogP contribution < -0.4 is 9.47 Å². The second-order valence-corrected chi connectivity index (χ2v) is 4.58. The Kier molecular flexibility index (Phi) is 1.91. The predicted octanol–water partition coefficient (Wildman–Crippen LogP) is 2.42. The van der Waals surface area contributed by atoms with Crippen LogP contribution in [0.4, 0.5) is 0 Å². The average Bonchev–Trinajstić information content (AvgIpc) is 2.50. The van der Waals surface area contributed by atoms with Crippen LogP contribution in [-0.4, -0.2) is 11.8 Å². The van der Waals surface area contributed by atoms with E-state index in [1.54, 1.807) is 0 Å². The SMILES string of the molecule is Cc1nc(C(C)(C)C)cc2c1OCO2. The number of hydrogen-bond acceptors (Lipinski definition) is 3. The molecule has 3 heteroatoms. The van der Waals surface area contributed by atoms with E-state index in [-0.39, 0.29) is 5.41 Å². The summed E-state index contributed by atoms with van der Waals surface area (Å²) in [5.41, 5.74) is 2.00. The number of pyridine rings is 1. The Balaban J connectivity index is 2.52. The molecule has 0 saturated heterocycles. The van der Waals surface area contributed by atoms with E-state index >= 15 is 0 Å². The van der Waals surface area contributed by atoms with Gasteiger partial charge in [0.25, 0.3) is 0 Å². The summed E-state index contributed by atoms with van der Waals surface area (Å²) in [5.74, 6) is 1.61. The lowest BCUT2D eigenvalue weighted by Crippen LogP contribution is -2.13. The van der Waals surface area contributed by atoms with Crippen LogP contribution in [-0.2, 0) is 5.41 Å². The molecule has 0 fully saturated rings. The van der Waals surface area contributed by atoms with Crippen molar-refractivity contribution in [2.75, 3.05) is 6.79 Å². The molecule has 0 amide bonds. The smallest absolute Gasteiger partial charge is 0.231 e. The van der Waals surface area contributed by atoms with Gasteiger partial charge < -0.3 is 9.47 Å². The number of nitrogens with zero attached hydrogens (tertiary/aromatic N) is 1. The van der Waals surface area contributed by atoms with E-state index < -0.39 is 0 Å². The summed E-state index contributed by atoms with van der Waals surface area (Å²) in [6.45, 7) is 8.67. The van der Waals surface area contributed by atoms with E-state index in [0.29, 0.717) is 6.79 Å². The van der Waals surface area contributed by atoms with Gasteiger partial charge in [0.1, 0.15) is 0 Å². The third kappa shape index (κ3) is 1.43. The largest absolute Gasteiger partial charge is 0.453 e. The zero-order chi connectivity index (χ0) is 10.3. The first-order chi connectivity index (χ1) is 6.48. The van der Waals surface area contributed by atoms with Gasteiger partial charge in [-0.05, 0) is 6.92 Å². The van der Waals surface area contributed by atoms with E-state index in [2.05, 4.69) is 25.8 Å². The van der Waals surface area contributed by atoms with Crippen molar-refractivity contribution in [3.05, 3.63) is 17.5 Å². The fourth-order valence-electron chi connectivity index (χ4n) is 1.45. The minimum atomic E-state index is 0.0474. The lowest BCUT2D eigenvalue weighted by Gasteiger charge is -2.18. The van der Waals surface area contributed by atoms with Gasteiger partial charge in [-0.3, -0.25) is 4.98 Å². The zero-order valence-corrected chi connectivity index (χ0v) is 9.05. The monoisotopic (exact) mass is 193 g/mol. The molecular formula is C11H15NO2. The Labute approximate surface area is 84.1 Å². The van der Waals surface area contributed by atoms with Crippen LogP contribution in [0.25, 0.3) is 0 Å². The van der Waals surface area contributed by atoms with E-state index in [0.717, 1.165) is 22.9 Å². The number of rotatable bonds is 0. The minimum Gasteiger partial charge on any atom is -0.453 e. The van der Waals surface area contributed by atoms with Crippen molar-refractivity contribution in [1.29, 1.82) is 0 Å². The lowest BCUT2D eigenvalue weighted by molar-refractivity contribution is 0.173. The van der Waals surface area contributed by atoms with E-state index in [1.807, 2.05) is 13.0 Å². The van der Waals surface area contributed by atoms with Crippen LogP contribution in [0.2, 0.25) is 0 Å². The highest BCUT2D eigenvalue weighted by Crippen LogP contribution is 2.37. The number of aromatic nitrogens is 1. The van der Waals surface area contributed by atoms with Crippen molar-refractivity contribution >= 4 is 0 Å². The Morgan fingerprint density at radius 2 is 2.00 bits per heavy atom. The second-order valence-electron chi connectivity index (χ2n) is 4.58. The first-order valence-electron chi connectivity index (χ1n) is 4.76. The van der Waals surface area contributed by atoms with Gasteiger partial charge in [-0.2, -0.15) is 0 Å². The second kappa shape index (κ2) is 2.87. The Hall–Kier alpha value is -1.25. The highest BCUT2D eigenvalue weighted by atomic mass is 16.7. The molecule has 1 aromatic heterocycles. The van der Waals surface area contributed by atoms with Crippen molar-refractivity contribution in [2.24, 2.45) is 0 Å². The lowest BCUT2D eigenvalue weighted by atomic mass is 9.91. The van der Waals surface area contributed by atoms with E-state index in [4.69, 9.17) is 9.47 Å². The first kappa shape index (κ1) is 9.31. The fourth-order valence-corrected chi connectivity index (χ4v) is 1.45. The van der Waals surface area contributed by atoms with Crippen molar-refractivity contribution in [2.45, 2.75) is 33.1 Å². The third-order valence-corrected chi connectivity index (χ3v) is 2.29. The molecule has 1 aromatic rings. The van der Waals surface area contributed by atoms with E-state index in [1.165, 1.54) is 0 Å². The van der Waals surface area contributed by atoms with Crippen molar-refractivity contribution in [1.82, 2.24) is 4.98 Å². The molecule has 76 valence electrons. The van der Waals surface area contributed by atoms with Gasteiger partial charge in [0.05, 0.1) is 5.69 Å². The quantitative estimate of drug-likeness (QED) is 0.634. The van der Waals surface area contributed by atoms with Crippen LogP contribution in [0.1, 0.15) is 32.2 Å². The minimum absolute atomic E-state index is 0.0474. The third-order valence-electron chi connectivity index (χ3n) is 2.29. The topological polar surface area (TPSA) is 31.4 Å². The van der Waals surface area contributed by atoms with Gasteiger partial charge in [-0.1, -0.05) is 20.8 Å². The fraction of sp³-hybridized carbons (Fsp3) is 0.545. The molecule has 0 N–H and O–H groups in total. The van der Waals surface area contributed by atoms with Gasteiger partial charge in [-0.15, -0.1) is 0 Å². The molecule has 1 aliphatic rings. The molecule has 0 aromatic carbocycles. The van der Waals surface area contributed by atoms with Crippen LogP contribution >= 0.6 is 0 Å². The first-order valence-corrected chi connectivity index (χ1v) is 4.76. The van der Waals surface area contributed by atoms with Crippen LogP contribution in [0.5, 0.6) is 11.5 Å². The molecule has 0 unspecified atom stereocenters. The molecule has 3 nitrogen and oxygen atoms in total. The summed E-state index contributed by atoms with van der Waals surface area (Å²) in [4.78, 5) is 4.51. The number of hydrogen-bond donors (Lipinski definition) is 0. The van der Waals surface area contributed by atoms with E-state index in [9.17, 15) is 0 Å². The van der Waals surface area contributed by atoms with Crippen LogP contribution in [0.15, 0.2) is 6.07 Å². The molecule has 2 rings (SSSR count). The Bertz CT molecular complexity index is 366. The number of fused-ring (bicyclic) bond motifs is 1. The molecule has 0 saturated carbocycles. The molecule has 0 bridgehead atoms. The average molecular weight is 193 g/mol. The maximum atomic E-state index is 5.35. The highest BCUT2D eigenvalue weighted by molar-refractivity contribution is 5.46. The summed E-state index contributed by atoms with van der Waals surface area (Å²) >= 11 is 0. The van der Waals surface area contributed by atoms with Gasteiger partial charge in [0.2, 0.25) is 6.79 Å². The Morgan fingerprint density at radius 1 is 1.29 bits per heavy atom. The number of ether oxygens (including phenoxy) is 2. The summed E-state index contributed by atoms with van der Waals surface area (Å²) in [7, 11) is 0. The van der Waals surface area contributed by atoms with Gasteiger partial charge >= 0.3 is 0 Å². The molecular weight excluding hydrogens is 178 g/mol. The molecule has 0 radical (unpaired) electrons. The van der Waals surface area contributed by atoms with Crippen molar-refractivity contribution in [3.8, 4) is 11.5 Å². The molecule has 1 aliphatic heterocycles. The zero-order valence-electron chi connectivity index (χ0n) is 9.05. The normalized spacial score (nSPS) is 14.6.